The molecule has 4 aromatic rings. The maximum atomic E-state index is 13.5. The molecule has 1 aliphatic heterocycles. The molecule has 2 aromatic carbocycles. The molecule has 2 aromatic heterocycles. The number of imidazole rings is 1. The third kappa shape index (κ3) is 4.69. The second-order valence-electron chi connectivity index (χ2n) is 8.84. The van der Waals surface area contributed by atoms with Gasteiger partial charge in [0.1, 0.15) is 0 Å². The first-order chi connectivity index (χ1) is 17.2. The van der Waals surface area contributed by atoms with Crippen LogP contribution in [0.5, 0.6) is 5.88 Å². The summed E-state index contributed by atoms with van der Waals surface area (Å²) in [5.74, 6) is -0.242. The molecule has 0 amide bonds. The number of rotatable bonds is 5. The number of para-hydroxylation sites is 1. The summed E-state index contributed by atoms with van der Waals surface area (Å²) >= 11 is -0.226. The SMILES string of the molecule is Cc1c(O)n(-c2ccc(SC(F)(F)F)cc2)c(=O)n1Cc1c(N2CCCCC2)cnc2ccccc12. The first-order valence-electron chi connectivity index (χ1n) is 11.7. The average molecular weight is 515 g/mol. The third-order valence-corrected chi connectivity index (χ3v) is 7.31. The fraction of sp³-hybridized carbons (Fsp3) is 0.308. The van der Waals surface area contributed by atoms with E-state index in [0.717, 1.165) is 52.7 Å². The number of fused-ring (bicyclic) bond motifs is 1. The quantitative estimate of drug-likeness (QED) is 0.339. The smallest absolute Gasteiger partial charge is 0.446 e. The van der Waals surface area contributed by atoms with Crippen LogP contribution in [-0.2, 0) is 6.54 Å². The van der Waals surface area contributed by atoms with Gasteiger partial charge in [-0.25, -0.2) is 9.36 Å². The standard InChI is InChI=1S/C26H25F3N4O2S/c1-17-24(34)33(18-9-11-19(12-10-18)36-26(27,28)29)25(35)32(17)16-21-20-7-3-4-8-22(20)30-15-23(21)31-13-5-2-6-14-31/h3-4,7-12,15,34H,2,5-6,13-14,16H2,1H3. The highest BCUT2D eigenvalue weighted by molar-refractivity contribution is 8.00. The van der Waals surface area contributed by atoms with Crippen LogP contribution in [0.4, 0.5) is 18.9 Å². The molecule has 10 heteroatoms. The Morgan fingerprint density at radius 3 is 2.42 bits per heavy atom. The summed E-state index contributed by atoms with van der Waals surface area (Å²) in [5, 5.41) is 11.8. The molecule has 36 heavy (non-hydrogen) atoms. The number of hydrogen-bond acceptors (Lipinski definition) is 5. The zero-order valence-electron chi connectivity index (χ0n) is 19.6. The lowest BCUT2D eigenvalue weighted by atomic mass is 10.0. The Balaban J connectivity index is 1.57. The van der Waals surface area contributed by atoms with E-state index in [9.17, 15) is 23.1 Å². The van der Waals surface area contributed by atoms with Crippen molar-refractivity contribution in [2.45, 2.75) is 43.1 Å². The normalized spacial score (nSPS) is 14.5. The zero-order chi connectivity index (χ0) is 25.4. The van der Waals surface area contributed by atoms with Crippen molar-refractivity contribution in [3.8, 4) is 11.6 Å². The van der Waals surface area contributed by atoms with Crippen molar-refractivity contribution >= 4 is 28.4 Å². The van der Waals surface area contributed by atoms with Crippen LogP contribution in [0.1, 0.15) is 30.5 Å². The molecular weight excluding hydrogens is 489 g/mol. The van der Waals surface area contributed by atoms with Crippen LogP contribution in [0, 0.1) is 6.92 Å². The fourth-order valence-electron chi connectivity index (χ4n) is 4.77. The highest BCUT2D eigenvalue weighted by Gasteiger charge is 2.29. The van der Waals surface area contributed by atoms with Gasteiger partial charge < -0.3 is 10.0 Å². The number of nitrogens with zero attached hydrogens (tertiary/aromatic N) is 4. The summed E-state index contributed by atoms with van der Waals surface area (Å²) in [6, 6.07) is 13.1. The molecule has 0 saturated carbocycles. The van der Waals surface area contributed by atoms with E-state index in [2.05, 4.69) is 9.88 Å². The van der Waals surface area contributed by atoms with E-state index in [1.165, 1.54) is 35.3 Å². The lowest BCUT2D eigenvalue weighted by Gasteiger charge is -2.31. The van der Waals surface area contributed by atoms with E-state index in [1.807, 2.05) is 30.5 Å². The highest BCUT2D eigenvalue weighted by atomic mass is 32.2. The number of aromatic nitrogens is 3. The number of alkyl halides is 3. The topological polar surface area (TPSA) is 63.3 Å². The van der Waals surface area contributed by atoms with Crippen LogP contribution in [0.25, 0.3) is 16.6 Å². The maximum Gasteiger partial charge on any atom is 0.446 e. The van der Waals surface area contributed by atoms with Gasteiger partial charge in [0.2, 0.25) is 5.88 Å². The fourth-order valence-corrected chi connectivity index (χ4v) is 5.31. The first kappa shape index (κ1) is 24.3. The Kier molecular flexibility index (Phi) is 6.46. The number of benzene rings is 2. The van der Waals surface area contributed by atoms with Crippen molar-refractivity contribution in [2.24, 2.45) is 0 Å². The van der Waals surface area contributed by atoms with Crippen LogP contribution < -0.4 is 10.6 Å². The van der Waals surface area contributed by atoms with E-state index in [4.69, 9.17) is 0 Å². The summed E-state index contributed by atoms with van der Waals surface area (Å²) < 4.78 is 40.7. The summed E-state index contributed by atoms with van der Waals surface area (Å²) in [7, 11) is 0. The van der Waals surface area contributed by atoms with Gasteiger partial charge in [0, 0.05) is 28.9 Å². The van der Waals surface area contributed by atoms with Gasteiger partial charge in [-0.2, -0.15) is 13.2 Å². The van der Waals surface area contributed by atoms with Gasteiger partial charge in [-0.15, -0.1) is 0 Å². The zero-order valence-corrected chi connectivity index (χ0v) is 20.4. The molecule has 0 aliphatic carbocycles. The minimum absolute atomic E-state index is 0.00405. The van der Waals surface area contributed by atoms with Gasteiger partial charge >= 0.3 is 11.2 Å². The Bertz CT molecular complexity index is 1460. The monoisotopic (exact) mass is 514 g/mol. The summed E-state index contributed by atoms with van der Waals surface area (Å²) in [5.41, 5.74) is -1.46. The van der Waals surface area contributed by atoms with Crippen molar-refractivity contribution in [1.29, 1.82) is 0 Å². The molecule has 1 saturated heterocycles. The molecule has 1 fully saturated rings. The molecule has 1 aliphatic rings. The van der Waals surface area contributed by atoms with Crippen molar-refractivity contribution in [3.63, 3.8) is 0 Å². The Labute approximate surface area is 210 Å². The number of thioether (sulfide) groups is 1. The number of pyridine rings is 1. The van der Waals surface area contributed by atoms with Gasteiger partial charge in [-0.05, 0) is 68.3 Å². The minimum atomic E-state index is -4.40. The van der Waals surface area contributed by atoms with E-state index in [1.54, 1.807) is 6.92 Å². The molecule has 5 rings (SSSR count). The van der Waals surface area contributed by atoms with E-state index < -0.39 is 11.2 Å². The van der Waals surface area contributed by atoms with Crippen LogP contribution in [0.2, 0.25) is 0 Å². The highest BCUT2D eigenvalue weighted by Crippen LogP contribution is 2.37. The Hall–Kier alpha value is -3.40. The Morgan fingerprint density at radius 1 is 1.03 bits per heavy atom. The molecule has 6 nitrogen and oxygen atoms in total. The number of anilines is 1. The van der Waals surface area contributed by atoms with E-state index in [-0.39, 0.29) is 29.1 Å². The van der Waals surface area contributed by atoms with Gasteiger partial charge in [0.25, 0.3) is 0 Å². The van der Waals surface area contributed by atoms with Gasteiger partial charge in [0.05, 0.1) is 35.3 Å². The lowest BCUT2D eigenvalue weighted by molar-refractivity contribution is -0.0328. The predicted molar refractivity (Wildman–Crippen MR) is 135 cm³/mol. The first-order valence-corrected chi connectivity index (χ1v) is 12.5. The van der Waals surface area contributed by atoms with E-state index in [0.29, 0.717) is 11.4 Å². The van der Waals surface area contributed by atoms with E-state index >= 15 is 0 Å². The molecule has 1 N–H and O–H groups in total. The van der Waals surface area contributed by atoms with Crippen molar-refractivity contribution in [3.05, 3.63) is 76.5 Å². The molecule has 3 heterocycles. The van der Waals surface area contributed by atoms with Crippen LogP contribution in [-0.4, -0.2) is 37.8 Å². The second kappa shape index (κ2) is 9.57. The predicted octanol–water partition coefficient (Wildman–Crippen LogP) is 5.85. The third-order valence-electron chi connectivity index (χ3n) is 6.57. The molecule has 0 atom stereocenters. The summed E-state index contributed by atoms with van der Waals surface area (Å²) in [4.78, 5) is 20.4. The molecule has 188 valence electrons. The van der Waals surface area contributed by atoms with Crippen molar-refractivity contribution in [2.75, 3.05) is 18.0 Å². The number of hydrogen-bond donors (Lipinski definition) is 1. The lowest BCUT2D eigenvalue weighted by Crippen LogP contribution is -2.31. The van der Waals surface area contributed by atoms with Gasteiger partial charge in [0.15, 0.2) is 0 Å². The number of aromatic hydroxyl groups is 1. The molecule has 0 radical (unpaired) electrons. The van der Waals surface area contributed by atoms with Gasteiger partial charge in [-0.1, -0.05) is 18.2 Å². The maximum absolute atomic E-state index is 13.5. The summed E-state index contributed by atoms with van der Waals surface area (Å²) in [6.45, 7) is 3.71. The second-order valence-corrected chi connectivity index (χ2v) is 9.98. The average Bonchev–Trinajstić information content (AvgIpc) is 3.07. The van der Waals surface area contributed by atoms with Crippen LogP contribution >= 0.6 is 11.8 Å². The summed E-state index contributed by atoms with van der Waals surface area (Å²) in [6.07, 6.45) is 5.22. The molecule has 0 unspecified atom stereocenters. The van der Waals surface area contributed by atoms with Crippen molar-refractivity contribution < 1.29 is 18.3 Å². The minimum Gasteiger partial charge on any atom is -0.493 e. The number of piperidine rings is 1. The van der Waals surface area contributed by atoms with Gasteiger partial charge in [-0.3, -0.25) is 9.55 Å². The molecule has 0 spiro atoms. The number of halogens is 3. The molecule has 0 bridgehead atoms. The van der Waals surface area contributed by atoms with Crippen molar-refractivity contribution in [1.82, 2.24) is 14.1 Å². The van der Waals surface area contributed by atoms with Crippen LogP contribution in [0.3, 0.4) is 0 Å². The molecular formula is C26H25F3N4O2S. The Morgan fingerprint density at radius 2 is 1.72 bits per heavy atom. The largest absolute Gasteiger partial charge is 0.493 e. The van der Waals surface area contributed by atoms with Crippen LogP contribution in [0.15, 0.2) is 64.4 Å².